The smallest absolute Gasteiger partial charge is 0.126 e. The van der Waals surface area contributed by atoms with Crippen molar-refractivity contribution in [3.8, 4) is 0 Å². The molecule has 0 aliphatic carbocycles. The molecule has 0 spiro atoms. The molecule has 1 heterocycles. The fourth-order valence-corrected chi connectivity index (χ4v) is 2.64. The van der Waals surface area contributed by atoms with E-state index in [0.717, 1.165) is 37.1 Å². The van der Waals surface area contributed by atoms with E-state index in [2.05, 4.69) is 38.8 Å². The Kier molecular flexibility index (Phi) is 3.76. The van der Waals surface area contributed by atoms with E-state index in [4.69, 9.17) is 0 Å². The summed E-state index contributed by atoms with van der Waals surface area (Å²) in [5, 5.41) is 0. The second-order valence-corrected chi connectivity index (χ2v) is 6.56. The maximum Gasteiger partial charge on any atom is 0.126 e. The van der Waals surface area contributed by atoms with Gasteiger partial charge in [0.1, 0.15) is 5.82 Å². The van der Waals surface area contributed by atoms with E-state index in [9.17, 15) is 4.39 Å². The molecule has 0 unspecified atom stereocenters. The first-order valence-corrected chi connectivity index (χ1v) is 6.86. The van der Waals surface area contributed by atoms with Crippen LogP contribution in [0.5, 0.6) is 0 Å². The van der Waals surface area contributed by atoms with Crippen LogP contribution >= 0.6 is 0 Å². The van der Waals surface area contributed by atoms with E-state index >= 15 is 0 Å². The van der Waals surface area contributed by atoms with Crippen LogP contribution in [0.25, 0.3) is 0 Å². The van der Waals surface area contributed by atoms with Crippen molar-refractivity contribution in [3.05, 3.63) is 35.1 Å². The van der Waals surface area contributed by atoms with Gasteiger partial charge in [-0.3, -0.25) is 0 Å². The topological polar surface area (TPSA) is 3.24 Å². The van der Waals surface area contributed by atoms with Crippen molar-refractivity contribution in [2.75, 3.05) is 20.1 Å². The van der Waals surface area contributed by atoms with Crippen LogP contribution in [0.3, 0.4) is 0 Å². The second kappa shape index (κ2) is 5.00. The standard InChI is InChI=1S/C16H24FN/c1-16(2,3)13-5-6-14(15(17)11-13)12-7-9-18(4)10-8-12/h5-6,11-12H,7-10H2,1-4H3. The molecular weight excluding hydrogens is 225 g/mol. The minimum absolute atomic E-state index is 0.0167. The van der Waals surface area contributed by atoms with Crippen molar-refractivity contribution in [2.45, 2.75) is 44.9 Å². The minimum atomic E-state index is -0.0167. The first-order valence-electron chi connectivity index (χ1n) is 6.86. The second-order valence-electron chi connectivity index (χ2n) is 6.56. The maximum atomic E-state index is 14.2. The molecule has 100 valence electrons. The van der Waals surface area contributed by atoms with E-state index in [1.807, 2.05) is 6.07 Å². The molecule has 0 N–H and O–H groups in total. The number of halogens is 1. The summed E-state index contributed by atoms with van der Waals surface area (Å²) in [5.41, 5.74) is 2.01. The van der Waals surface area contributed by atoms with E-state index in [1.165, 1.54) is 0 Å². The molecule has 1 aromatic rings. The van der Waals surface area contributed by atoms with Crippen molar-refractivity contribution < 1.29 is 4.39 Å². The van der Waals surface area contributed by atoms with E-state index < -0.39 is 0 Å². The molecule has 0 bridgehead atoms. The Labute approximate surface area is 110 Å². The monoisotopic (exact) mass is 249 g/mol. The fraction of sp³-hybridized carbons (Fsp3) is 0.625. The first kappa shape index (κ1) is 13.5. The molecule has 1 aromatic carbocycles. The highest BCUT2D eigenvalue weighted by Gasteiger charge is 2.22. The Bertz CT molecular complexity index is 412. The third kappa shape index (κ3) is 2.92. The molecule has 0 aromatic heterocycles. The number of likely N-dealkylation sites (tertiary alicyclic amines) is 1. The van der Waals surface area contributed by atoms with Crippen LogP contribution in [0.4, 0.5) is 4.39 Å². The molecular formula is C16H24FN. The van der Waals surface area contributed by atoms with Gasteiger partial charge in [-0.25, -0.2) is 4.39 Å². The number of hydrogen-bond acceptors (Lipinski definition) is 1. The van der Waals surface area contributed by atoms with Gasteiger partial charge >= 0.3 is 0 Å². The molecule has 1 nitrogen and oxygen atoms in total. The summed E-state index contributed by atoms with van der Waals surface area (Å²) in [6.07, 6.45) is 2.14. The van der Waals surface area contributed by atoms with Crippen molar-refractivity contribution in [3.63, 3.8) is 0 Å². The van der Waals surface area contributed by atoms with E-state index in [1.54, 1.807) is 6.07 Å². The lowest BCUT2D eigenvalue weighted by Gasteiger charge is -2.30. The molecule has 1 aliphatic heterocycles. The van der Waals surface area contributed by atoms with Crippen LogP contribution in [0, 0.1) is 5.82 Å². The Hall–Kier alpha value is -0.890. The molecule has 2 heteroatoms. The Morgan fingerprint density at radius 1 is 1.17 bits per heavy atom. The zero-order valence-electron chi connectivity index (χ0n) is 12.0. The lowest BCUT2D eigenvalue weighted by atomic mass is 9.83. The van der Waals surface area contributed by atoms with Gasteiger partial charge < -0.3 is 4.90 Å². The Morgan fingerprint density at radius 2 is 1.78 bits per heavy atom. The summed E-state index contributed by atoms with van der Waals surface area (Å²) in [6.45, 7) is 8.52. The lowest BCUT2D eigenvalue weighted by molar-refractivity contribution is 0.253. The lowest BCUT2D eigenvalue weighted by Crippen LogP contribution is -2.29. The van der Waals surface area contributed by atoms with E-state index in [-0.39, 0.29) is 11.2 Å². The molecule has 1 aliphatic rings. The zero-order chi connectivity index (χ0) is 13.3. The van der Waals surface area contributed by atoms with Gasteiger partial charge in [-0.15, -0.1) is 0 Å². The molecule has 2 rings (SSSR count). The summed E-state index contributed by atoms with van der Waals surface area (Å²) >= 11 is 0. The van der Waals surface area contributed by atoms with Crippen LogP contribution in [0.1, 0.15) is 50.7 Å². The predicted octanol–water partition coefficient (Wildman–Crippen LogP) is 3.93. The third-order valence-corrected chi connectivity index (χ3v) is 4.02. The maximum absolute atomic E-state index is 14.2. The fourth-order valence-electron chi connectivity index (χ4n) is 2.64. The van der Waals surface area contributed by atoms with Gasteiger partial charge in [0.25, 0.3) is 0 Å². The quantitative estimate of drug-likeness (QED) is 0.729. The SMILES string of the molecule is CN1CCC(c2ccc(C(C)(C)C)cc2F)CC1. The van der Waals surface area contributed by atoms with Crippen LogP contribution in [0.15, 0.2) is 18.2 Å². The van der Waals surface area contributed by atoms with Gasteiger partial charge in [-0.2, -0.15) is 0 Å². The highest BCUT2D eigenvalue weighted by molar-refractivity contribution is 5.31. The van der Waals surface area contributed by atoms with Gasteiger partial charge in [0, 0.05) is 0 Å². The Balaban J connectivity index is 2.20. The van der Waals surface area contributed by atoms with Gasteiger partial charge in [0.15, 0.2) is 0 Å². The summed E-state index contributed by atoms with van der Waals surface area (Å²) in [4.78, 5) is 2.32. The van der Waals surface area contributed by atoms with Crippen molar-refractivity contribution in [2.24, 2.45) is 0 Å². The highest BCUT2D eigenvalue weighted by Crippen LogP contribution is 2.32. The molecule has 18 heavy (non-hydrogen) atoms. The largest absolute Gasteiger partial charge is 0.306 e. The van der Waals surface area contributed by atoms with Crippen LogP contribution in [0.2, 0.25) is 0 Å². The summed E-state index contributed by atoms with van der Waals surface area (Å²) in [6, 6.07) is 5.83. The summed E-state index contributed by atoms with van der Waals surface area (Å²) < 4.78 is 14.2. The minimum Gasteiger partial charge on any atom is -0.306 e. The third-order valence-electron chi connectivity index (χ3n) is 4.02. The molecule has 0 atom stereocenters. The molecule has 1 fully saturated rings. The van der Waals surface area contributed by atoms with Crippen LogP contribution < -0.4 is 0 Å². The number of hydrogen-bond donors (Lipinski definition) is 0. The van der Waals surface area contributed by atoms with Crippen LogP contribution in [-0.2, 0) is 5.41 Å². The van der Waals surface area contributed by atoms with Gasteiger partial charge in [0.05, 0.1) is 0 Å². The normalized spacial score (nSPS) is 19.2. The summed E-state index contributed by atoms with van der Waals surface area (Å²) in [5.74, 6) is 0.382. The highest BCUT2D eigenvalue weighted by atomic mass is 19.1. The average Bonchev–Trinajstić information content (AvgIpc) is 2.29. The van der Waals surface area contributed by atoms with Gasteiger partial charge in [-0.05, 0) is 61.5 Å². The average molecular weight is 249 g/mol. The van der Waals surface area contributed by atoms with Gasteiger partial charge in [-0.1, -0.05) is 32.9 Å². The molecule has 0 saturated carbocycles. The zero-order valence-corrected chi connectivity index (χ0v) is 12.0. The molecule has 0 radical (unpaired) electrons. The molecule has 0 amide bonds. The first-order chi connectivity index (χ1) is 8.38. The van der Waals surface area contributed by atoms with E-state index in [0.29, 0.717) is 5.92 Å². The molecule has 1 saturated heterocycles. The predicted molar refractivity (Wildman–Crippen MR) is 74.6 cm³/mol. The number of benzene rings is 1. The van der Waals surface area contributed by atoms with Crippen molar-refractivity contribution in [1.82, 2.24) is 4.90 Å². The van der Waals surface area contributed by atoms with Crippen molar-refractivity contribution in [1.29, 1.82) is 0 Å². The Morgan fingerprint density at radius 3 is 2.28 bits per heavy atom. The van der Waals surface area contributed by atoms with Crippen LogP contribution in [-0.4, -0.2) is 25.0 Å². The number of piperidine rings is 1. The summed E-state index contributed by atoms with van der Waals surface area (Å²) in [7, 11) is 2.13. The van der Waals surface area contributed by atoms with Crippen molar-refractivity contribution >= 4 is 0 Å². The van der Waals surface area contributed by atoms with Gasteiger partial charge in [0.2, 0.25) is 0 Å². The number of nitrogens with zero attached hydrogens (tertiary/aromatic N) is 1. The number of rotatable bonds is 1.